The van der Waals surface area contributed by atoms with Crippen LogP contribution in [0.15, 0.2) is 85.1 Å². The first-order valence-electron chi connectivity index (χ1n) is 11.3. The molecule has 3 amide bonds. The number of hydrogen-bond donors (Lipinski definition) is 4. The molecule has 0 aliphatic heterocycles. The fraction of sp³-hybridized carbons (Fsp3) is 0.111. The molecule has 9 heteroatoms. The first kappa shape index (κ1) is 22.9. The lowest BCUT2D eigenvalue weighted by molar-refractivity contribution is -0.131. The van der Waals surface area contributed by atoms with E-state index in [2.05, 4.69) is 20.9 Å². The first-order chi connectivity index (χ1) is 17.4. The van der Waals surface area contributed by atoms with Crippen LogP contribution in [-0.4, -0.2) is 28.0 Å². The summed E-state index contributed by atoms with van der Waals surface area (Å²) < 4.78 is 6.00. The number of carboxylic acid groups (broad SMARTS) is 1. The lowest BCUT2D eigenvalue weighted by Crippen LogP contribution is -2.35. The summed E-state index contributed by atoms with van der Waals surface area (Å²) >= 11 is 0. The van der Waals surface area contributed by atoms with Crippen LogP contribution in [0.25, 0.3) is 10.9 Å². The molecule has 0 atom stereocenters. The molecule has 1 aliphatic rings. The molecule has 1 aliphatic carbocycles. The van der Waals surface area contributed by atoms with Gasteiger partial charge in [-0.05, 0) is 73.5 Å². The maximum Gasteiger partial charge on any atom is 0.409 e. The Labute approximate surface area is 206 Å². The highest BCUT2D eigenvalue weighted by Crippen LogP contribution is 2.47. The van der Waals surface area contributed by atoms with Crippen molar-refractivity contribution in [2.24, 2.45) is 5.41 Å². The van der Waals surface area contributed by atoms with Crippen LogP contribution < -0.4 is 20.7 Å². The summed E-state index contributed by atoms with van der Waals surface area (Å²) in [6.45, 7) is 0. The van der Waals surface area contributed by atoms with Gasteiger partial charge in [0.2, 0.25) is 11.8 Å². The zero-order valence-corrected chi connectivity index (χ0v) is 19.0. The van der Waals surface area contributed by atoms with Crippen molar-refractivity contribution in [3.8, 4) is 11.5 Å². The quantitative estimate of drug-likeness (QED) is 0.258. The number of hydrogen-bond acceptors (Lipinski definition) is 5. The van der Waals surface area contributed by atoms with E-state index < -0.39 is 11.5 Å². The number of benzene rings is 3. The normalized spacial score (nSPS) is 13.4. The van der Waals surface area contributed by atoms with Gasteiger partial charge >= 0.3 is 6.09 Å². The lowest BCUT2D eigenvalue weighted by atomic mass is 10.0. The van der Waals surface area contributed by atoms with Crippen LogP contribution in [0.5, 0.6) is 11.5 Å². The molecule has 0 radical (unpaired) electrons. The smallest absolute Gasteiger partial charge is 0.409 e. The molecule has 180 valence electrons. The predicted molar refractivity (Wildman–Crippen MR) is 135 cm³/mol. The Bertz CT molecular complexity index is 1450. The monoisotopic (exact) mass is 482 g/mol. The molecule has 4 N–H and O–H groups in total. The topological polar surface area (TPSA) is 130 Å². The second-order valence-corrected chi connectivity index (χ2v) is 8.45. The molecule has 1 fully saturated rings. The average molecular weight is 482 g/mol. The van der Waals surface area contributed by atoms with Crippen molar-refractivity contribution in [3.05, 3.63) is 85.1 Å². The summed E-state index contributed by atoms with van der Waals surface area (Å²) in [6.07, 6.45) is 1.42. The van der Waals surface area contributed by atoms with Gasteiger partial charge in [0.1, 0.15) is 16.9 Å². The van der Waals surface area contributed by atoms with Gasteiger partial charge in [-0.15, -0.1) is 0 Å². The number of fused-ring (bicyclic) bond motifs is 1. The molecule has 0 saturated heterocycles. The summed E-state index contributed by atoms with van der Waals surface area (Å²) in [6, 6.07) is 22.6. The number of para-hydroxylation sites is 1. The number of amides is 3. The molecule has 3 aromatic carbocycles. The van der Waals surface area contributed by atoms with Crippen molar-refractivity contribution in [2.45, 2.75) is 12.8 Å². The van der Waals surface area contributed by atoms with Crippen molar-refractivity contribution in [1.29, 1.82) is 0 Å². The van der Waals surface area contributed by atoms with Crippen molar-refractivity contribution in [1.82, 2.24) is 4.98 Å². The van der Waals surface area contributed by atoms with Crippen LogP contribution in [0.2, 0.25) is 0 Å². The molecular formula is C27H22N4O5. The Balaban J connectivity index is 1.25. The van der Waals surface area contributed by atoms with Crippen LogP contribution >= 0.6 is 0 Å². The Morgan fingerprint density at radius 2 is 1.42 bits per heavy atom. The summed E-state index contributed by atoms with van der Waals surface area (Å²) in [4.78, 5) is 40.8. The van der Waals surface area contributed by atoms with Gasteiger partial charge in [-0.25, -0.2) is 4.79 Å². The number of carbonyl (C=O) groups excluding carboxylic acids is 2. The molecule has 4 aromatic rings. The summed E-state index contributed by atoms with van der Waals surface area (Å²) in [5.74, 6) is 0.442. The second-order valence-electron chi connectivity index (χ2n) is 8.45. The van der Waals surface area contributed by atoms with Gasteiger partial charge in [0, 0.05) is 28.6 Å². The molecule has 9 nitrogen and oxygen atoms in total. The minimum atomic E-state index is -1.15. The number of nitrogens with one attached hydrogen (secondary N) is 3. The third kappa shape index (κ3) is 4.80. The fourth-order valence-corrected chi connectivity index (χ4v) is 3.85. The zero-order chi connectivity index (χ0) is 25.1. The summed E-state index contributed by atoms with van der Waals surface area (Å²) in [5, 5.41) is 17.6. The van der Waals surface area contributed by atoms with Gasteiger partial charge in [0.25, 0.3) is 0 Å². The first-order valence-corrected chi connectivity index (χ1v) is 11.3. The van der Waals surface area contributed by atoms with Crippen LogP contribution in [0.4, 0.5) is 21.9 Å². The van der Waals surface area contributed by atoms with Crippen molar-refractivity contribution in [3.63, 3.8) is 0 Å². The maximum atomic E-state index is 12.9. The minimum Gasteiger partial charge on any atom is -0.465 e. The molecule has 1 aromatic heterocycles. The third-order valence-electron chi connectivity index (χ3n) is 5.94. The van der Waals surface area contributed by atoms with Gasteiger partial charge in [0.05, 0.1) is 5.52 Å². The molecule has 1 saturated carbocycles. The molecular weight excluding hydrogens is 460 g/mol. The highest BCUT2D eigenvalue weighted by molar-refractivity contribution is 6.16. The van der Waals surface area contributed by atoms with Crippen LogP contribution in [0.3, 0.4) is 0 Å². The SMILES string of the molecule is O=C(O)Nc1ccc2c(Oc3ccc(NC(=O)C4(C(=O)Nc5ccccc5)CC4)cc3)ccnc2c1. The van der Waals surface area contributed by atoms with Crippen molar-refractivity contribution >= 4 is 45.9 Å². The maximum absolute atomic E-state index is 12.9. The Morgan fingerprint density at radius 3 is 2.06 bits per heavy atom. The second kappa shape index (κ2) is 9.38. The standard InChI is InChI=1S/C27H22N4O5/c32-24(29-17-4-2-1-3-5-17)27(13-14-27)25(33)30-18-6-9-20(10-7-18)36-23-12-15-28-22-16-19(31-26(34)35)8-11-21(22)23/h1-12,15-16,31H,13-14H2,(H,29,32)(H,30,33)(H,34,35). The third-order valence-corrected chi connectivity index (χ3v) is 5.94. The van der Waals surface area contributed by atoms with Gasteiger partial charge in [-0.2, -0.15) is 0 Å². The largest absolute Gasteiger partial charge is 0.465 e. The van der Waals surface area contributed by atoms with E-state index in [1.807, 2.05) is 18.2 Å². The number of rotatable bonds is 7. The van der Waals surface area contributed by atoms with Gasteiger partial charge in [-0.3, -0.25) is 19.9 Å². The number of anilines is 3. The van der Waals surface area contributed by atoms with Crippen LogP contribution in [0.1, 0.15) is 12.8 Å². The predicted octanol–water partition coefficient (Wildman–Crippen LogP) is 5.47. The summed E-state index contributed by atoms with van der Waals surface area (Å²) in [5.41, 5.74) is 1.13. The lowest BCUT2D eigenvalue weighted by Gasteiger charge is -2.16. The Morgan fingerprint density at radius 1 is 0.778 bits per heavy atom. The highest BCUT2D eigenvalue weighted by Gasteiger charge is 2.56. The van der Waals surface area contributed by atoms with E-state index in [1.54, 1.807) is 66.9 Å². The Kier molecular flexibility index (Phi) is 5.95. The van der Waals surface area contributed by atoms with Crippen LogP contribution in [-0.2, 0) is 9.59 Å². The van der Waals surface area contributed by atoms with E-state index in [4.69, 9.17) is 9.84 Å². The van der Waals surface area contributed by atoms with E-state index in [0.717, 1.165) is 0 Å². The zero-order valence-electron chi connectivity index (χ0n) is 19.0. The average Bonchev–Trinajstić information content (AvgIpc) is 3.68. The van der Waals surface area contributed by atoms with E-state index in [0.29, 0.717) is 52.3 Å². The number of nitrogens with zero attached hydrogens (tertiary/aromatic N) is 1. The van der Waals surface area contributed by atoms with E-state index in [-0.39, 0.29) is 11.8 Å². The molecule has 0 spiro atoms. The van der Waals surface area contributed by atoms with Crippen molar-refractivity contribution < 1.29 is 24.2 Å². The highest BCUT2D eigenvalue weighted by atomic mass is 16.5. The number of aromatic nitrogens is 1. The minimum absolute atomic E-state index is 0.308. The fourth-order valence-electron chi connectivity index (χ4n) is 3.85. The number of ether oxygens (including phenoxy) is 1. The summed E-state index contributed by atoms with van der Waals surface area (Å²) in [7, 11) is 0. The molecule has 36 heavy (non-hydrogen) atoms. The van der Waals surface area contributed by atoms with E-state index >= 15 is 0 Å². The van der Waals surface area contributed by atoms with Gasteiger partial charge in [-0.1, -0.05) is 18.2 Å². The molecule has 1 heterocycles. The molecule has 0 bridgehead atoms. The number of pyridine rings is 1. The van der Waals surface area contributed by atoms with E-state index in [9.17, 15) is 14.4 Å². The Hall–Kier alpha value is -4.92. The van der Waals surface area contributed by atoms with Crippen molar-refractivity contribution in [2.75, 3.05) is 16.0 Å². The number of carbonyl (C=O) groups is 3. The van der Waals surface area contributed by atoms with Gasteiger partial charge < -0.3 is 20.5 Å². The van der Waals surface area contributed by atoms with E-state index in [1.165, 1.54) is 0 Å². The molecule has 5 rings (SSSR count). The van der Waals surface area contributed by atoms with Crippen LogP contribution in [0, 0.1) is 5.41 Å². The molecule has 0 unspecified atom stereocenters. The van der Waals surface area contributed by atoms with Gasteiger partial charge in [0.15, 0.2) is 0 Å².